The normalized spacial score (nSPS) is 19.8. The summed E-state index contributed by atoms with van der Waals surface area (Å²) in [6, 6.07) is 10.6. The zero-order valence-electron chi connectivity index (χ0n) is 12.6. The van der Waals surface area contributed by atoms with Gasteiger partial charge in [0.25, 0.3) is 0 Å². The van der Waals surface area contributed by atoms with E-state index in [0.29, 0.717) is 6.10 Å². The van der Waals surface area contributed by atoms with Crippen LogP contribution in [0.3, 0.4) is 0 Å². The first-order chi connectivity index (χ1) is 10.3. The Hall–Kier alpha value is -1.65. The lowest BCUT2D eigenvalue weighted by Gasteiger charge is -2.32. The molecule has 0 aliphatic carbocycles. The molecule has 1 aromatic heterocycles. The Balaban J connectivity index is 1.50. The van der Waals surface area contributed by atoms with Crippen LogP contribution in [0.4, 0.5) is 0 Å². The average Bonchev–Trinajstić information content (AvgIpc) is 2.92. The molecule has 1 fully saturated rings. The number of benzene rings is 1. The Morgan fingerprint density at radius 1 is 1.33 bits per heavy atom. The van der Waals surface area contributed by atoms with Crippen LogP contribution in [0.5, 0.6) is 0 Å². The second kappa shape index (κ2) is 6.87. The van der Waals surface area contributed by atoms with E-state index in [1.165, 1.54) is 11.3 Å². The molecule has 2 heterocycles. The minimum atomic E-state index is 0.332. The molecule has 0 spiro atoms. The monoisotopic (exact) mass is 285 g/mol. The lowest BCUT2D eigenvalue weighted by Crippen LogP contribution is -2.42. The fourth-order valence-corrected chi connectivity index (χ4v) is 2.83. The van der Waals surface area contributed by atoms with Crippen LogP contribution in [0.25, 0.3) is 0 Å². The average molecular weight is 285 g/mol. The highest BCUT2D eigenvalue weighted by Gasteiger charge is 2.21. The molecule has 0 radical (unpaired) electrons. The lowest BCUT2D eigenvalue weighted by molar-refractivity contribution is -0.0349. The predicted octanol–water partition coefficient (Wildman–Crippen LogP) is 2.55. The van der Waals surface area contributed by atoms with Crippen molar-refractivity contribution in [1.29, 1.82) is 0 Å². The van der Waals surface area contributed by atoms with E-state index in [-0.39, 0.29) is 0 Å². The molecule has 4 nitrogen and oxygen atoms in total. The molecule has 0 saturated carbocycles. The van der Waals surface area contributed by atoms with Gasteiger partial charge in [0.05, 0.1) is 24.7 Å². The SMILES string of the molecule is Cc1[nH]cnc1CN1CCO[C@H](CCc2ccccc2)C1. The Morgan fingerprint density at radius 2 is 2.19 bits per heavy atom. The van der Waals surface area contributed by atoms with Crippen LogP contribution in [0.1, 0.15) is 23.4 Å². The van der Waals surface area contributed by atoms with Crippen LogP contribution in [-0.4, -0.2) is 40.7 Å². The maximum atomic E-state index is 5.91. The summed E-state index contributed by atoms with van der Waals surface area (Å²) < 4.78 is 5.91. The molecule has 112 valence electrons. The van der Waals surface area contributed by atoms with Gasteiger partial charge in [-0.25, -0.2) is 4.98 Å². The van der Waals surface area contributed by atoms with Crippen molar-refractivity contribution in [2.75, 3.05) is 19.7 Å². The molecule has 0 unspecified atom stereocenters. The first kappa shape index (κ1) is 14.3. The highest BCUT2D eigenvalue weighted by Crippen LogP contribution is 2.15. The van der Waals surface area contributed by atoms with Crippen molar-refractivity contribution in [1.82, 2.24) is 14.9 Å². The Kier molecular flexibility index (Phi) is 4.68. The van der Waals surface area contributed by atoms with Gasteiger partial charge in [-0.15, -0.1) is 0 Å². The van der Waals surface area contributed by atoms with Gasteiger partial charge in [-0.2, -0.15) is 0 Å². The van der Waals surface area contributed by atoms with Crippen LogP contribution in [0, 0.1) is 6.92 Å². The zero-order valence-corrected chi connectivity index (χ0v) is 12.6. The first-order valence-corrected chi connectivity index (χ1v) is 7.68. The van der Waals surface area contributed by atoms with Crippen LogP contribution in [0.15, 0.2) is 36.7 Å². The van der Waals surface area contributed by atoms with Gasteiger partial charge in [0, 0.05) is 25.3 Å². The van der Waals surface area contributed by atoms with E-state index >= 15 is 0 Å². The van der Waals surface area contributed by atoms with Crippen LogP contribution < -0.4 is 0 Å². The molecule has 1 atom stereocenters. The molecule has 1 N–H and O–H groups in total. The quantitative estimate of drug-likeness (QED) is 0.918. The van der Waals surface area contributed by atoms with Gasteiger partial charge >= 0.3 is 0 Å². The summed E-state index contributed by atoms with van der Waals surface area (Å²) in [4.78, 5) is 9.98. The third kappa shape index (κ3) is 3.93. The molecule has 4 heteroatoms. The Bertz CT molecular complexity index is 552. The summed E-state index contributed by atoms with van der Waals surface area (Å²) in [6.45, 7) is 5.81. The smallest absolute Gasteiger partial charge is 0.0925 e. The van der Waals surface area contributed by atoms with Crippen molar-refractivity contribution in [2.45, 2.75) is 32.4 Å². The van der Waals surface area contributed by atoms with E-state index in [0.717, 1.165) is 44.8 Å². The fourth-order valence-electron chi connectivity index (χ4n) is 2.83. The molecule has 1 aliphatic rings. The Labute approximate surface area is 126 Å². The molecule has 2 aromatic rings. The van der Waals surface area contributed by atoms with Crippen LogP contribution >= 0.6 is 0 Å². The third-order valence-electron chi connectivity index (χ3n) is 4.13. The van der Waals surface area contributed by atoms with Crippen LogP contribution in [-0.2, 0) is 17.7 Å². The molecular weight excluding hydrogens is 262 g/mol. The van der Waals surface area contributed by atoms with Gasteiger partial charge in [-0.1, -0.05) is 30.3 Å². The first-order valence-electron chi connectivity index (χ1n) is 7.68. The molecule has 3 rings (SSSR count). The number of hydrogen-bond donors (Lipinski definition) is 1. The molecule has 0 amide bonds. The predicted molar refractivity (Wildman–Crippen MR) is 83.1 cm³/mol. The minimum absolute atomic E-state index is 0.332. The van der Waals surface area contributed by atoms with Crippen LogP contribution in [0.2, 0.25) is 0 Å². The third-order valence-corrected chi connectivity index (χ3v) is 4.13. The fraction of sp³-hybridized carbons (Fsp3) is 0.471. The second-order valence-electron chi connectivity index (χ2n) is 5.73. The molecule has 1 saturated heterocycles. The topological polar surface area (TPSA) is 41.2 Å². The molecule has 0 bridgehead atoms. The number of ether oxygens (including phenoxy) is 1. The summed E-state index contributed by atoms with van der Waals surface area (Å²) in [5, 5.41) is 0. The standard InChI is InChI=1S/C17H23N3O/c1-14-17(19-13-18-14)12-20-9-10-21-16(11-20)8-7-15-5-3-2-4-6-15/h2-6,13,16H,7-12H2,1H3,(H,18,19)/t16-/m1/s1. The number of rotatable bonds is 5. The Morgan fingerprint density at radius 3 is 2.95 bits per heavy atom. The summed E-state index contributed by atoms with van der Waals surface area (Å²) >= 11 is 0. The zero-order chi connectivity index (χ0) is 14.5. The van der Waals surface area contributed by atoms with E-state index in [1.807, 2.05) is 0 Å². The van der Waals surface area contributed by atoms with Crippen molar-refractivity contribution in [3.63, 3.8) is 0 Å². The lowest BCUT2D eigenvalue weighted by atomic mass is 10.1. The maximum absolute atomic E-state index is 5.91. The van der Waals surface area contributed by atoms with Crippen molar-refractivity contribution in [3.05, 3.63) is 53.6 Å². The van der Waals surface area contributed by atoms with Gasteiger partial charge in [0.2, 0.25) is 0 Å². The molecule has 21 heavy (non-hydrogen) atoms. The largest absolute Gasteiger partial charge is 0.376 e. The maximum Gasteiger partial charge on any atom is 0.0925 e. The van der Waals surface area contributed by atoms with Crippen molar-refractivity contribution in [3.8, 4) is 0 Å². The highest BCUT2D eigenvalue weighted by molar-refractivity contribution is 5.14. The van der Waals surface area contributed by atoms with E-state index in [4.69, 9.17) is 4.74 Å². The van der Waals surface area contributed by atoms with Crippen molar-refractivity contribution < 1.29 is 4.74 Å². The number of imidazole rings is 1. The van der Waals surface area contributed by atoms with E-state index < -0.39 is 0 Å². The minimum Gasteiger partial charge on any atom is -0.376 e. The van der Waals surface area contributed by atoms with Gasteiger partial charge < -0.3 is 9.72 Å². The number of aryl methyl sites for hydroxylation is 2. The highest BCUT2D eigenvalue weighted by atomic mass is 16.5. The number of hydrogen-bond acceptors (Lipinski definition) is 3. The van der Waals surface area contributed by atoms with E-state index in [2.05, 4.69) is 52.1 Å². The number of H-pyrrole nitrogens is 1. The van der Waals surface area contributed by atoms with Gasteiger partial charge in [-0.05, 0) is 25.3 Å². The number of aromatic nitrogens is 2. The molecular formula is C17H23N3O. The number of morpholine rings is 1. The molecule has 1 aromatic carbocycles. The summed E-state index contributed by atoms with van der Waals surface area (Å²) in [7, 11) is 0. The number of nitrogens with one attached hydrogen (secondary N) is 1. The van der Waals surface area contributed by atoms with E-state index in [9.17, 15) is 0 Å². The summed E-state index contributed by atoms with van der Waals surface area (Å²) in [5.74, 6) is 0. The van der Waals surface area contributed by atoms with Crippen molar-refractivity contribution in [2.24, 2.45) is 0 Å². The molecule has 1 aliphatic heterocycles. The van der Waals surface area contributed by atoms with Crippen molar-refractivity contribution >= 4 is 0 Å². The van der Waals surface area contributed by atoms with E-state index in [1.54, 1.807) is 6.33 Å². The van der Waals surface area contributed by atoms with Gasteiger partial charge in [0.1, 0.15) is 0 Å². The number of nitrogens with zero attached hydrogens (tertiary/aromatic N) is 2. The summed E-state index contributed by atoms with van der Waals surface area (Å²) in [6.07, 6.45) is 4.27. The number of aromatic amines is 1. The summed E-state index contributed by atoms with van der Waals surface area (Å²) in [5.41, 5.74) is 3.71. The van der Waals surface area contributed by atoms with Gasteiger partial charge in [-0.3, -0.25) is 4.90 Å². The van der Waals surface area contributed by atoms with Gasteiger partial charge in [0.15, 0.2) is 0 Å². The second-order valence-corrected chi connectivity index (χ2v) is 5.73.